The zero-order valence-electron chi connectivity index (χ0n) is 9.37. The van der Waals surface area contributed by atoms with Crippen LogP contribution in [0.3, 0.4) is 0 Å². The van der Waals surface area contributed by atoms with E-state index in [1.54, 1.807) is 6.92 Å². The maximum absolute atomic E-state index is 11.6. The Balaban J connectivity index is 2.30. The number of hydrogen-bond acceptors (Lipinski definition) is 4. The Morgan fingerprint density at radius 3 is 2.81 bits per heavy atom. The summed E-state index contributed by atoms with van der Waals surface area (Å²) in [5, 5.41) is 0. The van der Waals surface area contributed by atoms with Crippen molar-refractivity contribution in [3.8, 4) is 0 Å². The highest BCUT2D eigenvalue weighted by Gasteiger charge is 2.41. The van der Waals surface area contributed by atoms with Gasteiger partial charge < -0.3 is 9.72 Å². The molecule has 1 saturated carbocycles. The maximum atomic E-state index is 11.6. The zero-order chi connectivity index (χ0) is 11.8. The average molecular weight is 222 g/mol. The van der Waals surface area contributed by atoms with E-state index in [-0.39, 0.29) is 17.6 Å². The van der Waals surface area contributed by atoms with E-state index >= 15 is 0 Å². The number of esters is 1. The number of H-pyrrole nitrogens is 1. The number of aromatic nitrogens is 2. The molecule has 16 heavy (non-hydrogen) atoms. The monoisotopic (exact) mass is 222 g/mol. The van der Waals surface area contributed by atoms with E-state index in [2.05, 4.69) is 9.97 Å². The Labute approximate surface area is 92.9 Å². The summed E-state index contributed by atoms with van der Waals surface area (Å²) in [5.74, 6) is 0.0364. The van der Waals surface area contributed by atoms with Crippen molar-refractivity contribution in [2.45, 2.75) is 32.1 Å². The molecule has 1 aliphatic carbocycles. The minimum absolute atomic E-state index is 0.00759. The molecule has 1 aromatic rings. The number of rotatable bonds is 3. The highest BCUT2D eigenvalue weighted by atomic mass is 16.5. The second-order valence-electron chi connectivity index (χ2n) is 4.26. The van der Waals surface area contributed by atoms with Gasteiger partial charge >= 0.3 is 5.97 Å². The van der Waals surface area contributed by atoms with E-state index in [0.29, 0.717) is 5.82 Å². The Hall–Kier alpha value is -1.65. The number of carbonyl (C=O) groups is 1. The molecule has 5 heteroatoms. The van der Waals surface area contributed by atoms with Crippen molar-refractivity contribution in [1.82, 2.24) is 9.97 Å². The number of aromatic amines is 1. The Morgan fingerprint density at radius 1 is 1.62 bits per heavy atom. The molecule has 0 saturated heterocycles. The van der Waals surface area contributed by atoms with Gasteiger partial charge in [-0.3, -0.25) is 4.79 Å². The minimum Gasteiger partial charge on any atom is -0.462 e. The van der Waals surface area contributed by atoms with Crippen LogP contribution in [-0.4, -0.2) is 22.5 Å². The number of hydrogen-bond donors (Lipinski definition) is 1. The lowest BCUT2D eigenvalue weighted by Gasteiger charge is -2.07. The summed E-state index contributed by atoms with van der Waals surface area (Å²) < 4.78 is 4.75. The van der Waals surface area contributed by atoms with Gasteiger partial charge in [-0.05, 0) is 19.8 Å². The van der Waals surface area contributed by atoms with Crippen LogP contribution < -0.4 is 5.56 Å². The normalized spacial score (nSPS) is 16.9. The maximum Gasteiger partial charge on any atom is 0.345 e. The van der Waals surface area contributed by atoms with Crippen LogP contribution in [0.15, 0.2) is 11.0 Å². The first-order chi connectivity index (χ1) is 7.57. The first-order valence-electron chi connectivity index (χ1n) is 5.34. The predicted molar refractivity (Wildman–Crippen MR) is 57.4 cm³/mol. The molecule has 2 rings (SSSR count). The summed E-state index contributed by atoms with van der Waals surface area (Å²) in [6.45, 7) is 3.98. The average Bonchev–Trinajstić information content (AvgIpc) is 2.98. The van der Waals surface area contributed by atoms with Crippen LogP contribution in [0.4, 0.5) is 0 Å². The van der Waals surface area contributed by atoms with Gasteiger partial charge in [-0.2, -0.15) is 0 Å². The van der Waals surface area contributed by atoms with E-state index < -0.39 is 11.5 Å². The van der Waals surface area contributed by atoms with E-state index in [1.165, 1.54) is 6.20 Å². The van der Waals surface area contributed by atoms with Crippen LogP contribution in [0, 0.1) is 0 Å². The molecule has 1 aromatic heterocycles. The molecule has 1 fully saturated rings. The summed E-state index contributed by atoms with van der Waals surface area (Å²) in [4.78, 5) is 29.8. The highest BCUT2D eigenvalue weighted by Crippen LogP contribution is 2.45. The molecule has 0 radical (unpaired) electrons. The van der Waals surface area contributed by atoms with E-state index in [4.69, 9.17) is 4.74 Å². The van der Waals surface area contributed by atoms with Crippen LogP contribution in [0.1, 0.15) is 42.9 Å². The summed E-state index contributed by atoms with van der Waals surface area (Å²) in [7, 11) is 0. The molecule has 1 heterocycles. The van der Waals surface area contributed by atoms with E-state index in [0.717, 1.165) is 12.8 Å². The molecule has 86 valence electrons. The van der Waals surface area contributed by atoms with Crippen LogP contribution >= 0.6 is 0 Å². The third-order valence-corrected chi connectivity index (χ3v) is 2.87. The first kappa shape index (κ1) is 10.9. The SMILES string of the molecule is CCOC(=O)c1cnc(C2(C)CC2)[nH]c1=O. The topological polar surface area (TPSA) is 72.0 Å². The number of ether oxygens (including phenoxy) is 1. The van der Waals surface area contributed by atoms with Gasteiger partial charge in [0.1, 0.15) is 11.4 Å². The smallest absolute Gasteiger partial charge is 0.345 e. The van der Waals surface area contributed by atoms with E-state index in [9.17, 15) is 9.59 Å². The van der Waals surface area contributed by atoms with Crippen molar-refractivity contribution >= 4 is 5.97 Å². The molecule has 0 aliphatic heterocycles. The predicted octanol–water partition coefficient (Wildman–Crippen LogP) is 0.998. The van der Waals surface area contributed by atoms with Gasteiger partial charge in [0, 0.05) is 11.6 Å². The number of carbonyl (C=O) groups excluding carboxylic acids is 1. The number of nitrogens with one attached hydrogen (secondary N) is 1. The summed E-state index contributed by atoms with van der Waals surface area (Å²) in [6.07, 6.45) is 3.35. The second-order valence-corrected chi connectivity index (χ2v) is 4.26. The molecular formula is C11H14N2O3. The van der Waals surface area contributed by atoms with Crippen molar-refractivity contribution in [3.63, 3.8) is 0 Å². The molecule has 1 aliphatic rings. The molecule has 0 atom stereocenters. The molecule has 0 aromatic carbocycles. The van der Waals surface area contributed by atoms with Gasteiger partial charge in [-0.15, -0.1) is 0 Å². The van der Waals surface area contributed by atoms with Gasteiger partial charge in [-0.25, -0.2) is 9.78 Å². The highest BCUT2D eigenvalue weighted by molar-refractivity contribution is 5.88. The number of nitrogens with zero attached hydrogens (tertiary/aromatic N) is 1. The summed E-state index contributed by atoms with van der Waals surface area (Å²) >= 11 is 0. The lowest BCUT2D eigenvalue weighted by Crippen LogP contribution is -2.24. The Morgan fingerprint density at radius 2 is 2.31 bits per heavy atom. The summed E-state index contributed by atoms with van der Waals surface area (Å²) in [6, 6.07) is 0. The van der Waals surface area contributed by atoms with Crippen LogP contribution in [-0.2, 0) is 10.2 Å². The third-order valence-electron chi connectivity index (χ3n) is 2.87. The van der Waals surface area contributed by atoms with Crippen molar-refractivity contribution in [2.75, 3.05) is 6.61 Å². The van der Waals surface area contributed by atoms with Crippen LogP contribution in [0.25, 0.3) is 0 Å². The lowest BCUT2D eigenvalue weighted by molar-refractivity contribution is 0.0523. The van der Waals surface area contributed by atoms with Crippen molar-refractivity contribution in [2.24, 2.45) is 0 Å². The van der Waals surface area contributed by atoms with Crippen molar-refractivity contribution in [3.05, 3.63) is 27.9 Å². The largest absolute Gasteiger partial charge is 0.462 e. The van der Waals surface area contributed by atoms with E-state index in [1.807, 2.05) is 6.92 Å². The van der Waals surface area contributed by atoms with Gasteiger partial charge in [0.15, 0.2) is 0 Å². The molecule has 0 spiro atoms. The molecule has 0 unspecified atom stereocenters. The first-order valence-corrected chi connectivity index (χ1v) is 5.34. The Bertz CT molecular complexity index is 474. The van der Waals surface area contributed by atoms with Crippen LogP contribution in [0.5, 0.6) is 0 Å². The second kappa shape index (κ2) is 3.73. The van der Waals surface area contributed by atoms with Gasteiger partial charge in [0.05, 0.1) is 6.61 Å². The third kappa shape index (κ3) is 1.85. The lowest BCUT2D eigenvalue weighted by atomic mass is 10.1. The molecule has 0 bridgehead atoms. The zero-order valence-corrected chi connectivity index (χ0v) is 9.37. The van der Waals surface area contributed by atoms with Gasteiger partial charge in [0.2, 0.25) is 0 Å². The molecule has 1 N–H and O–H groups in total. The van der Waals surface area contributed by atoms with Gasteiger partial charge in [-0.1, -0.05) is 6.92 Å². The quantitative estimate of drug-likeness (QED) is 0.774. The Kier molecular flexibility index (Phi) is 2.53. The molecular weight excluding hydrogens is 208 g/mol. The fourth-order valence-corrected chi connectivity index (χ4v) is 1.48. The molecule has 0 amide bonds. The minimum atomic E-state index is -0.622. The fraction of sp³-hybridized carbons (Fsp3) is 0.545. The van der Waals surface area contributed by atoms with Crippen LogP contribution in [0.2, 0.25) is 0 Å². The van der Waals surface area contributed by atoms with Crippen molar-refractivity contribution in [1.29, 1.82) is 0 Å². The molecule has 5 nitrogen and oxygen atoms in total. The standard InChI is InChI=1S/C11H14N2O3/c1-3-16-9(15)7-6-12-10(13-8(7)14)11(2)4-5-11/h6H,3-5H2,1-2H3,(H,12,13,14). The van der Waals surface area contributed by atoms with Crippen molar-refractivity contribution < 1.29 is 9.53 Å². The fourth-order valence-electron chi connectivity index (χ4n) is 1.48. The van der Waals surface area contributed by atoms with Gasteiger partial charge in [0.25, 0.3) is 5.56 Å². The summed E-state index contributed by atoms with van der Waals surface area (Å²) in [5.41, 5.74) is -0.460.